The lowest BCUT2D eigenvalue weighted by Gasteiger charge is -2.42. The normalized spacial score (nSPS) is 20.1. The Labute approximate surface area is 131 Å². The summed E-state index contributed by atoms with van der Waals surface area (Å²) in [7, 11) is 0. The van der Waals surface area contributed by atoms with Crippen molar-refractivity contribution in [3.63, 3.8) is 0 Å². The average Bonchev–Trinajstić information content (AvgIpc) is 2.61. The third-order valence-electron chi connectivity index (χ3n) is 4.51. The monoisotopic (exact) mass is 292 g/mol. The number of rotatable bonds is 2. The van der Waals surface area contributed by atoms with Gasteiger partial charge in [0.15, 0.2) is 6.23 Å². The SMILES string of the molecule is CCc1ccc(C2=Cc3cnccc3C3OCCCN23)cc1. The fourth-order valence-electron chi connectivity index (χ4n) is 3.30. The molecule has 0 bridgehead atoms. The number of hydrogen-bond donors (Lipinski definition) is 0. The third kappa shape index (κ3) is 2.22. The van der Waals surface area contributed by atoms with E-state index in [9.17, 15) is 0 Å². The smallest absolute Gasteiger partial charge is 0.157 e. The highest BCUT2D eigenvalue weighted by Gasteiger charge is 2.32. The molecule has 1 saturated heterocycles. The standard InChI is InChI=1S/C19H20N2O/c1-2-14-4-6-15(7-5-14)18-12-16-13-20-9-8-17(16)19-21(18)10-3-11-22-19/h4-9,12-13,19H,2-3,10-11H2,1H3. The first-order valence-corrected chi connectivity index (χ1v) is 8.00. The van der Waals surface area contributed by atoms with Crippen molar-refractivity contribution in [2.24, 2.45) is 0 Å². The number of ether oxygens (including phenoxy) is 1. The van der Waals surface area contributed by atoms with E-state index in [2.05, 4.69) is 53.2 Å². The third-order valence-corrected chi connectivity index (χ3v) is 4.51. The number of hydrogen-bond acceptors (Lipinski definition) is 3. The number of aromatic nitrogens is 1. The maximum atomic E-state index is 6.06. The molecular formula is C19H20N2O. The Morgan fingerprint density at radius 1 is 1.23 bits per heavy atom. The number of fused-ring (bicyclic) bond motifs is 3. The van der Waals surface area contributed by atoms with Crippen LogP contribution in [0.3, 0.4) is 0 Å². The van der Waals surface area contributed by atoms with Crippen molar-refractivity contribution in [1.29, 1.82) is 0 Å². The summed E-state index contributed by atoms with van der Waals surface area (Å²) in [5.74, 6) is 0. The van der Waals surface area contributed by atoms with Crippen LogP contribution in [0.2, 0.25) is 0 Å². The molecule has 1 fully saturated rings. The number of nitrogens with zero attached hydrogens (tertiary/aromatic N) is 2. The Kier molecular flexibility index (Phi) is 3.43. The van der Waals surface area contributed by atoms with E-state index in [-0.39, 0.29) is 6.23 Å². The van der Waals surface area contributed by atoms with Crippen LogP contribution in [0.15, 0.2) is 42.7 Å². The Hall–Kier alpha value is -2.13. The molecule has 3 heterocycles. The van der Waals surface area contributed by atoms with E-state index in [0.29, 0.717) is 0 Å². The van der Waals surface area contributed by atoms with Crippen LogP contribution in [0.25, 0.3) is 11.8 Å². The van der Waals surface area contributed by atoms with Gasteiger partial charge in [-0.1, -0.05) is 31.2 Å². The van der Waals surface area contributed by atoms with Crippen molar-refractivity contribution in [3.05, 3.63) is 65.0 Å². The molecule has 4 rings (SSSR count). The first kappa shape index (κ1) is 13.5. The summed E-state index contributed by atoms with van der Waals surface area (Å²) in [5.41, 5.74) is 6.26. The lowest BCUT2D eigenvalue weighted by atomic mass is 9.96. The van der Waals surface area contributed by atoms with Crippen molar-refractivity contribution < 1.29 is 4.74 Å². The molecular weight excluding hydrogens is 272 g/mol. The van der Waals surface area contributed by atoms with Crippen molar-refractivity contribution >= 4 is 11.8 Å². The Bertz CT molecular complexity index is 706. The fourth-order valence-corrected chi connectivity index (χ4v) is 3.30. The molecule has 0 N–H and O–H groups in total. The van der Waals surface area contributed by atoms with Crippen LogP contribution < -0.4 is 0 Å². The van der Waals surface area contributed by atoms with Gasteiger partial charge < -0.3 is 9.64 Å². The summed E-state index contributed by atoms with van der Waals surface area (Å²) in [6.07, 6.45) is 8.20. The van der Waals surface area contributed by atoms with E-state index in [0.717, 1.165) is 26.0 Å². The van der Waals surface area contributed by atoms with Crippen molar-refractivity contribution in [3.8, 4) is 0 Å². The largest absolute Gasteiger partial charge is 0.354 e. The quantitative estimate of drug-likeness (QED) is 0.840. The highest BCUT2D eigenvalue weighted by atomic mass is 16.5. The van der Waals surface area contributed by atoms with E-state index < -0.39 is 0 Å². The summed E-state index contributed by atoms with van der Waals surface area (Å²) in [5, 5.41) is 0. The van der Waals surface area contributed by atoms with Gasteiger partial charge in [-0.3, -0.25) is 4.98 Å². The molecule has 3 nitrogen and oxygen atoms in total. The zero-order valence-corrected chi connectivity index (χ0v) is 12.8. The summed E-state index contributed by atoms with van der Waals surface area (Å²) in [4.78, 5) is 6.65. The van der Waals surface area contributed by atoms with E-state index in [1.807, 2.05) is 12.4 Å². The molecule has 1 aromatic carbocycles. The molecule has 1 unspecified atom stereocenters. The van der Waals surface area contributed by atoms with Crippen LogP contribution in [0, 0.1) is 0 Å². The summed E-state index contributed by atoms with van der Waals surface area (Å²) in [6, 6.07) is 10.9. The van der Waals surface area contributed by atoms with Gasteiger partial charge in [0.1, 0.15) is 0 Å². The molecule has 2 aliphatic rings. The van der Waals surface area contributed by atoms with Gasteiger partial charge in [-0.15, -0.1) is 0 Å². The molecule has 0 saturated carbocycles. The summed E-state index contributed by atoms with van der Waals surface area (Å²) >= 11 is 0. The van der Waals surface area contributed by atoms with Gasteiger partial charge in [-0.05, 0) is 36.1 Å². The van der Waals surface area contributed by atoms with Crippen LogP contribution in [-0.2, 0) is 11.2 Å². The molecule has 1 atom stereocenters. The van der Waals surface area contributed by atoms with Gasteiger partial charge in [0.2, 0.25) is 0 Å². The van der Waals surface area contributed by atoms with Crippen molar-refractivity contribution in [2.45, 2.75) is 26.0 Å². The Morgan fingerprint density at radius 3 is 2.91 bits per heavy atom. The van der Waals surface area contributed by atoms with E-state index in [1.54, 1.807) is 0 Å². The molecule has 2 aliphatic heterocycles. The number of pyridine rings is 1. The van der Waals surface area contributed by atoms with Gasteiger partial charge in [0.25, 0.3) is 0 Å². The minimum Gasteiger partial charge on any atom is -0.354 e. The fraction of sp³-hybridized carbons (Fsp3) is 0.316. The maximum absolute atomic E-state index is 6.06. The molecule has 2 aromatic rings. The second-order valence-corrected chi connectivity index (χ2v) is 5.85. The van der Waals surface area contributed by atoms with Crippen molar-refractivity contribution in [2.75, 3.05) is 13.2 Å². The molecule has 0 aliphatic carbocycles. The van der Waals surface area contributed by atoms with Gasteiger partial charge >= 0.3 is 0 Å². The predicted octanol–water partition coefficient (Wildman–Crippen LogP) is 3.88. The summed E-state index contributed by atoms with van der Waals surface area (Å²) in [6.45, 7) is 4.05. The lowest BCUT2D eigenvalue weighted by Crippen LogP contribution is -2.37. The number of benzene rings is 1. The van der Waals surface area contributed by atoms with Crippen molar-refractivity contribution in [1.82, 2.24) is 9.88 Å². The molecule has 0 radical (unpaired) electrons. The maximum Gasteiger partial charge on any atom is 0.157 e. The molecule has 3 heteroatoms. The van der Waals surface area contributed by atoms with Gasteiger partial charge in [0, 0.05) is 35.8 Å². The first-order chi connectivity index (χ1) is 10.9. The van der Waals surface area contributed by atoms with Gasteiger partial charge in [-0.25, -0.2) is 0 Å². The van der Waals surface area contributed by atoms with Crippen LogP contribution in [0.5, 0.6) is 0 Å². The van der Waals surface area contributed by atoms with E-state index in [4.69, 9.17) is 4.74 Å². The summed E-state index contributed by atoms with van der Waals surface area (Å²) < 4.78 is 6.06. The zero-order chi connectivity index (χ0) is 14.9. The van der Waals surface area contributed by atoms with E-state index in [1.165, 1.54) is 28.0 Å². The second kappa shape index (κ2) is 5.58. The predicted molar refractivity (Wildman–Crippen MR) is 87.9 cm³/mol. The lowest BCUT2D eigenvalue weighted by molar-refractivity contribution is -0.0701. The highest BCUT2D eigenvalue weighted by Crippen LogP contribution is 2.40. The minimum absolute atomic E-state index is 0.0256. The second-order valence-electron chi connectivity index (χ2n) is 5.85. The van der Waals surface area contributed by atoms with Gasteiger partial charge in [0.05, 0.1) is 6.61 Å². The average molecular weight is 292 g/mol. The molecule has 22 heavy (non-hydrogen) atoms. The minimum atomic E-state index is 0.0256. The van der Waals surface area contributed by atoms with Crippen LogP contribution in [0.4, 0.5) is 0 Å². The van der Waals surface area contributed by atoms with Crippen LogP contribution >= 0.6 is 0 Å². The van der Waals surface area contributed by atoms with E-state index >= 15 is 0 Å². The molecule has 0 amide bonds. The molecule has 0 spiro atoms. The first-order valence-electron chi connectivity index (χ1n) is 8.00. The topological polar surface area (TPSA) is 25.4 Å². The zero-order valence-electron chi connectivity index (χ0n) is 12.8. The highest BCUT2D eigenvalue weighted by molar-refractivity contribution is 5.83. The molecule has 112 valence electrons. The molecule has 1 aromatic heterocycles. The van der Waals surface area contributed by atoms with Gasteiger partial charge in [-0.2, -0.15) is 0 Å². The Balaban J connectivity index is 1.81. The Morgan fingerprint density at radius 2 is 2.09 bits per heavy atom. The van der Waals surface area contributed by atoms with Crippen LogP contribution in [-0.4, -0.2) is 23.0 Å². The van der Waals surface area contributed by atoms with Crippen LogP contribution in [0.1, 0.15) is 41.8 Å². The number of aryl methyl sites for hydroxylation is 1.